The number of carbonyl (C=O) groups is 1. The molecule has 0 spiro atoms. The fourth-order valence-corrected chi connectivity index (χ4v) is 7.95. The highest BCUT2D eigenvalue weighted by molar-refractivity contribution is 5.66. The van der Waals surface area contributed by atoms with Gasteiger partial charge in [-0.1, -0.05) is 32.4 Å². The van der Waals surface area contributed by atoms with Gasteiger partial charge in [0.2, 0.25) is 0 Å². The Bertz CT molecular complexity index is 628. The lowest BCUT2D eigenvalue weighted by Gasteiger charge is -2.58. The van der Waals surface area contributed by atoms with Crippen LogP contribution in [-0.4, -0.2) is 18.6 Å². The summed E-state index contributed by atoms with van der Waals surface area (Å²) in [6, 6.07) is 0. The Hall–Kier alpha value is -0.830. The number of allylic oxidation sites excluding steroid dienone is 2. The van der Waals surface area contributed by atoms with Crippen molar-refractivity contribution in [2.24, 2.45) is 46.2 Å². The molecule has 0 unspecified atom stereocenters. The van der Waals surface area contributed by atoms with Gasteiger partial charge >= 0.3 is 5.97 Å². The predicted molar refractivity (Wildman–Crippen MR) is 109 cm³/mol. The minimum Gasteiger partial charge on any atom is -0.463 e. The third-order valence-corrected chi connectivity index (χ3v) is 9.50. The van der Waals surface area contributed by atoms with Gasteiger partial charge in [-0.2, -0.15) is 0 Å². The second-order valence-corrected chi connectivity index (χ2v) is 10.7. The maximum Gasteiger partial charge on any atom is 0.302 e. The molecule has 0 amide bonds. The molecule has 0 aromatic rings. The average molecular weight is 374 g/mol. The maximum absolute atomic E-state index is 11.4. The van der Waals surface area contributed by atoms with Gasteiger partial charge in [0.25, 0.3) is 0 Å². The summed E-state index contributed by atoms with van der Waals surface area (Å²) in [5, 5.41) is 0. The van der Waals surface area contributed by atoms with E-state index in [-0.39, 0.29) is 12.1 Å². The molecule has 0 aliphatic heterocycles. The number of fused-ring (bicyclic) bond motifs is 5. The van der Waals surface area contributed by atoms with Gasteiger partial charge in [0, 0.05) is 6.92 Å². The smallest absolute Gasteiger partial charge is 0.302 e. The fraction of sp³-hybridized carbons (Fsp3) is 0.875. The van der Waals surface area contributed by atoms with Crippen molar-refractivity contribution in [1.29, 1.82) is 0 Å². The van der Waals surface area contributed by atoms with Crippen molar-refractivity contribution in [3.63, 3.8) is 0 Å². The van der Waals surface area contributed by atoms with E-state index in [2.05, 4.69) is 26.8 Å². The van der Waals surface area contributed by atoms with E-state index < -0.39 is 0 Å². The molecule has 0 bridgehead atoms. The van der Waals surface area contributed by atoms with Gasteiger partial charge in [0.15, 0.2) is 0 Å². The van der Waals surface area contributed by atoms with Gasteiger partial charge in [0.1, 0.15) is 6.10 Å². The molecule has 0 aromatic heterocycles. The molecule has 2 N–H and O–H groups in total. The second kappa shape index (κ2) is 6.90. The van der Waals surface area contributed by atoms with Crippen molar-refractivity contribution in [3.8, 4) is 0 Å². The zero-order valence-corrected chi connectivity index (χ0v) is 17.8. The van der Waals surface area contributed by atoms with Crippen molar-refractivity contribution in [2.45, 2.75) is 85.2 Å². The van der Waals surface area contributed by atoms with Gasteiger partial charge in [-0.05, 0) is 98.3 Å². The lowest BCUT2D eigenvalue weighted by Crippen LogP contribution is -2.50. The molecule has 4 aliphatic carbocycles. The first-order valence-corrected chi connectivity index (χ1v) is 11.4. The standard InChI is InChI=1S/C24H39NO2/c1-15(14-25)20-7-8-21-19-6-5-17-13-18(27-16(2)26)9-11-23(17,3)22(19)10-12-24(20,21)4/h6,15,17-18,20-22H,5,7-14,25H2,1-4H3/t15-,17+,18+,20-,21+,22+,23+,24-/m1/s1. The molecule has 3 fully saturated rings. The van der Waals surface area contributed by atoms with E-state index in [1.165, 1.54) is 38.5 Å². The Morgan fingerprint density at radius 2 is 1.89 bits per heavy atom. The number of nitrogens with two attached hydrogens (primary N) is 1. The average Bonchev–Trinajstić information content (AvgIpc) is 2.98. The molecule has 0 aromatic carbocycles. The Balaban J connectivity index is 1.57. The van der Waals surface area contributed by atoms with E-state index in [1.54, 1.807) is 12.5 Å². The number of hydrogen-bond donors (Lipinski definition) is 1. The predicted octanol–water partition coefficient (Wildman–Crippen LogP) is 5.09. The molecule has 3 heteroatoms. The molecule has 152 valence electrons. The molecule has 27 heavy (non-hydrogen) atoms. The summed E-state index contributed by atoms with van der Waals surface area (Å²) in [4.78, 5) is 11.4. The molecular formula is C24H39NO2. The van der Waals surface area contributed by atoms with Crippen LogP contribution >= 0.6 is 0 Å². The highest BCUT2D eigenvalue weighted by Crippen LogP contribution is 2.66. The summed E-state index contributed by atoms with van der Waals surface area (Å²) in [6.45, 7) is 9.87. The Morgan fingerprint density at radius 1 is 1.19 bits per heavy atom. The molecule has 4 aliphatic rings. The first kappa shape index (κ1) is 19.5. The molecule has 4 rings (SSSR count). The van der Waals surface area contributed by atoms with E-state index in [0.29, 0.717) is 22.7 Å². The zero-order chi connectivity index (χ0) is 19.4. The van der Waals surface area contributed by atoms with Crippen LogP contribution in [0.3, 0.4) is 0 Å². The minimum atomic E-state index is -0.116. The summed E-state index contributed by atoms with van der Waals surface area (Å²) in [5.74, 6) is 3.52. The monoisotopic (exact) mass is 373 g/mol. The minimum absolute atomic E-state index is 0.116. The summed E-state index contributed by atoms with van der Waals surface area (Å²) in [6.07, 6.45) is 12.7. The molecule has 0 radical (unpaired) electrons. The topological polar surface area (TPSA) is 52.3 Å². The molecule has 0 saturated heterocycles. The van der Waals surface area contributed by atoms with Gasteiger partial charge in [0.05, 0.1) is 0 Å². The Labute approximate surface area is 165 Å². The van der Waals surface area contributed by atoms with Crippen LogP contribution in [-0.2, 0) is 9.53 Å². The third-order valence-electron chi connectivity index (χ3n) is 9.50. The summed E-state index contributed by atoms with van der Waals surface area (Å²) in [7, 11) is 0. The van der Waals surface area contributed by atoms with Crippen molar-refractivity contribution in [1.82, 2.24) is 0 Å². The van der Waals surface area contributed by atoms with E-state index in [9.17, 15) is 4.79 Å². The van der Waals surface area contributed by atoms with Gasteiger partial charge in [-0.25, -0.2) is 0 Å². The number of rotatable bonds is 3. The van der Waals surface area contributed by atoms with Crippen LogP contribution in [0.4, 0.5) is 0 Å². The van der Waals surface area contributed by atoms with Crippen molar-refractivity contribution >= 4 is 5.97 Å². The second-order valence-electron chi connectivity index (χ2n) is 10.7. The number of hydrogen-bond acceptors (Lipinski definition) is 3. The van der Waals surface area contributed by atoms with Crippen LogP contribution in [0.25, 0.3) is 0 Å². The highest BCUT2D eigenvalue weighted by atomic mass is 16.5. The normalized spacial score (nSPS) is 47.3. The molecule has 3 saturated carbocycles. The van der Waals surface area contributed by atoms with Crippen LogP contribution in [0.1, 0.15) is 79.1 Å². The number of esters is 1. The van der Waals surface area contributed by atoms with Crippen molar-refractivity contribution < 1.29 is 9.53 Å². The molecule has 0 heterocycles. The van der Waals surface area contributed by atoms with Crippen LogP contribution in [0.5, 0.6) is 0 Å². The van der Waals surface area contributed by atoms with Crippen LogP contribution in [0, 0.1) is 40.4 Å². The molecular weight excluding hydrogens is 334 g/mol. The zero-order valence-electron chi connectivity index (χ0n) is 17.8. The van der Waals surface area contributed by atoms with Crippen LogP contribution in [0.2, 0.25) is 0 Å². The summed E-state index contributed by atoms with van der Waals surface area (Å²) < 4.78 is 5.59. The first-order chi connectivity index (χ1) is 12.8. The molecule has 8 atom stereocenters. The largest absolute Gasteiger partial charge is 0.463 e. The Morgan fingerprint density at radius 3 is 2.59 bits per heavy atom. The molecule has 3 nitrogen and oxygen atoms in total. The van der Waals surface area contributed by atoms with Crippen LogP contribution < -0.4 is 5.73 Å². The van der Waals surface area contributed by atoms with Crippen molar-refractivity contribution in [2.75, 3.05) is 6.54 Å². The highest BCUT2D eigenvalue weighted by Gasteiger charge is 2.58. The van der Waals surface area contributed by atoms with Gasteiger partial charge in [-0.15, -0.1) is 0 Å². The van der Waals surface area contributed by atoms with E-state index >= 15 is 0 Å². The fourth-order valence-electron chi connectivity index (χ4n) is 7.95. The summed E-state index contributed by atoms with van der Waals surface area (Å²) >= 11 is 0. The van der Waals surface area contributed by atoms with Gasteiger partial charge in [-0.3, -0.25) is 4.79 Å². The van der Waals surface area contributed by atoms with Crippen LogP contribution in [0.15, 0.2) is 11.6 Å². The van der Waals surface area contributed by atoms with E-state index in [4.69, 9.17) is 10.5 Å². The lowest BCUT2D eigenvalue weighted by molar-refractivity contribution is -0.152. The maximum atomic E-state index is 11.4. The SMILES string of the molecule is CC(=O)O[C@H]1CC[C@@]2(C)[C@@H](CC=C3[C@@H]2CC[C@]2(C)[C@@H]([C@H](C)CN)CC[C@@H]32)C1. The van der Waals surface area contributed by atoms with Crippen molar-refractivity contribution in [3.05, 3.63) is 11.6 Å². The quantitative estimate of drug-likeness (QED) is 0.553. The number of ether oxygens (including phenoxy) is 1. The first-order valence-electron chi connectivity index (χ1n) is 11.4. The summed E-state index contributed by atoms with van der Waals surface area (Å²) in [5.41, 5.74) is 8.74. The van der Waals surface area contributed by atoms with E-state index in [1.807, 2.05) is 0 Å². The Kier molecular flexibility index (Phi) is 4.98. The lowest BCUT2D eigenvalue weighted by atomic mass is 9.47. The third kappa shape index (κ3) is 2.99. The number of carbonyl (C=O) groups excluding carboxylic acids is 1. The van der Waals surface area contributed by atoms with Gasteiger partial charge < -0.3 is 10.5 Å². The van der Waals surface area contributed by atoms with E-state index in [0.717, 1.165) is 37.1 Å².